The molecule has 0 aliphatic heterocycles. The molecule has 1 amide bonds. The minimum absolute atomic E-state index is 0.0101. The van der Waals surface area contributed by atoms with Gasteiger partial charge in [0.15, 0.2) is 0 Å². The number of amides is 1. The summed E-state index contributed by atoms with van der Waals surface area (Å²) < 4.78 is 5.50. The lowest BCUT2D eigenvalue weighted by atomic mass is 10.0. The van der Waals surface area contributed by atoms with Crippen LogP contribution >= 0.6 is 0 Å². The topological polar surface area (TPSA) is 95.9 Å². The van der Waals surface area contributed by atoms with E-state index in [1.54, 1.807) is 0 Å². The third-order valence-corrected chi connectivity index (χ3v) is 17.5. The van der Waals surface area contributed by atoms with Gasteiger partial charge in [-0.25, -0.2) is 0 Å². The van der Waals surface area contributed by atoms with E-state index < -0.39 is 12.1 Å². The largest absolute Gasteiger partial charge is 0.466 e. The number of esters is 1. The molecule has 0 aromatic heterocycles. The molecule has 0 radical (unpaired) electrons. The molecule has 0 saturated carbocycles. The Morgan fingerprint density at radius 2 is 0.617 bits per heavy atom. The van der Waals surface area contributed by atoms with Gasteiger partial charge in [-0.2, -0.15) is 0 Å². The summed E-state index contributed by atoms with van der Waals surface area (Å²) in [5, 5.41) is 23.4. The maximum absolute atomic E-state index is 12.6. The summed E-state index contributed by atoms with van der Waals surface area (Å²) in [4.78, 5) is 24.7. The highest BCUT2D eigenvalue weighted by molar-refractivity contribution is 5.76. The maximum atomic E-state index is 12.6. The van der Waals surface area contributed by atoms with Crippen molar-refractivity contribution in [2.75, 3.05) is 13.2 Å². The van der Waals surface area contributed by atoms with E-state index >= 15 is 0 Å². The first kappa shape index (κ1) is 79.3. The van der Waals surface area contributed by atoms with Crippen molar-refractivity contribution in [1.29, 1.82) is 0 Å². The zero-order valence-corrected chi connectivity index (χ0v) is 55.0. The molecule has 6 heteroatoms. The summed E-state index contributed by atoms with van der Waals surface area (Å²) >= 11 is 0. The van der Waals surface area contributed by atoms with Crippen LogP contribution in [-0.2, 0) is 14.3 Å². The van der Waals surface area contributed by atoms with Crippen molar-refractivity contribution in [3.8, 4) is 0 Å². The Morgan fingerprint density at radius 3 is 0.951 bits per heavy atom. The smallest absolute Gasteiger partial charge is 0.305 e. The van der Waals surface area contributed by atoms with Crippen LogP contribution in [-0.4, -0.2) is 47.4 Å². The Bertz CT molecular complexity index is 1270. The molecule has 3 N–H and O–H groups in total. The second kappa shape index (κ2) is 70.8. The molecule has 2 atom stereocenters. The van der Waals surface area contributed by atoms with E-state index in [1.807, 2.05) is 0 Å². The van der Waals surface area contributed by atoms with Crippen molar-refractivity contribution < 1.29 is 24.5 Å². The fraction of sp³-hybridized carbons (Fsp3) is 0.920. The second-order valence-electron chi connectivity index (χ2n) is 25.6. The molecule has 0 aliphatic rings. The fourth-order valence-corrected chi connectivity index (χ4v) is 11.9. The van der Waals surface area contributed by atoms with E-state index in [9.17, 15) is 19.8 Å². The monoisotopic (exact) mass is 1140 g/mol. The van der Waals surface area contributed by atoms with Crippen LogP contribution in [0.25, 0.3) is 0 Å². The predicted octanol–water partition coefficient (Wildman–Crippen LogP) is 24.1. The number of aliphatic hydroxyl groups excluding tert-OH is 2. The third-order valence-electron chi connectivity index (χ3n) is 17.5. The lowest BCUT2D eigenvalue weighted by Gasteiger charge is -2.22. The van der Waals surface area contributed by atoms with Crippen LogP contribution in [0.4, 0.5) is 0 Å². The lowest BCUT2D eigenvalue weighted by molar-refractivity contribution is -0.143. The number of hydrogen-bond acceptors (Lipinski definition) is 5. The molecule has 0 aromatic carbocycles. The second-order valence-corrected chi connectivity index (χ2v) is 25.6. The fourth-order valence-electron chi connectivity index (χ4n) is 11.9. The number of rotatable bonds is 70. The average Bonchev–Trinajstić information content (AvgIpc) is 3.47. The number of nitrogens with one attached hydrogen (secondary N) is 1. The van der Waals surface area contributed by atoms with E-state index in [2.05, 4.69) is 43.5 Å². The van der Waals surface area contributed by atoms with Gasteiger partial charge in [-0.15, -0.1) is 0 Å². The molecule has 0 bridgehead atoms. The Morgan fingerprint density at radius 1 is 0.346 bits per heavy atom. The summed E-state index contributed by atoms with van der Waals surface area (Å²) in [6.45, 7) is 4.98. The molecule has 0 rings (SSSR count). The highest BCUT2D eigenvalue weighted by atomic mass is 16.5. The summed E-state index contributed by atoms with van der Waals surface area (Å²) in [7, 11) is 0. The lowest BCUT2D eigenvalue weighted by Crippen LogP contribution is -2.45. The molecule has 2 unspecified atom stereocenters. The van der Waals surface area contributed by atoms with Gasteiger partial charge < -0.3 is 20.3 Å². The van der Waals surface area contributed by atoms with E-state index in [0.717, 1.165) is 51.4 Å². The Labute approximate surface area is 507 Å². The van der Waals surface area contributed by atoms with Crippen LogP contribution < -0.4 is 5.32 Å². The normalized spacial score (nSPS) is 12.6. The van der Waals surface area contributed by atoms with Crippen molar-refractivity contribution >= 4 is 11.9 Å². The SMILES string of the molecule is CCCCCC/C=C\C/C=C\CCCCCCCCCC(=O)OCCCCCCCCCCCCCCCCCCCCCCCCCCCC(=O)NC(CO)C(O)CCCCCCCCCCCCCCCCCCCCCCC. The number of allylic oxidation sites excluding steroid dienone is 4. The van der Waals surface area contributed by atoms with Gasteiger partial charge in [-0.05, 0) is 57.8 Å². The van der Waals surface area contributed by atoms with Crippen LogP contribution in [0.5, 0.6) is 0 Å². The maximum Gasteiger partial charge on any atom is 0.305 e. The summed E-state index contributed by atoms with van der Waals surface area (Å²) in [5.74, 6) is -0.0184. The van der Waals surface area contributed by atoms with Gasteiger partial charge in [0.25, 0.3) is 0 Å². The van der Waals surface area contributed by atoms with E-state index in [-0.39, 0.29) is 18.5 Å². The number of hydrogen-bond donors (Lipinski definition) is 3. The van der Waals surface area contributed by atoms with Gasteiger partial charge in [-0.1, -0.05) is 372 Å². The Kier molecular flexibility index (Phi) is 69.4. The molecular formula is C75H145NO5. The summed E-state index contributed by atoms with van der Waals surface area (Å²) in [5.41, 5.74) is 0. The molecule has 6 nitrogen and oxygen atoms in total. The Hall–Kier alpha value is -1.66. The molecule has 0 heterocycles. The average molecular weight is 1140 g/mol. The minimum atomic E-state index is -0.664. The third kappa shape index (κ3) is 67.3. The van der Waals surface area contributed by atoms with Gasteiger partial charge in [0.05, 0.1) is 25.4 Å². The number of unbranched alkanes of at least 4 members (excludes halogenated alkanes) is 55. The highest BCUT2D eigenvalue weighted by Crippen LogP contribution is 2.19. The number of ether oxygens (including phenoxy) is 1. The van der Waals surface area contributed by atoms with Crippen LogP contribution in [0.1, 0.15) is 418 Å². The van der Waals surface area contributed by atoms with Crippen LogP contribution in [0.15, 0.2) is 24.3 Å². The van der Waals surface area contributed by atoms with Gasteiger partial charge in [0.1, 0.15) is 0 Å². The molecule has 0 aromatic rings. The number of aliphatic hydroxyl groups is 2. The van der Waals surface area contributed by atoms with Crippen molar-refractivity contribution in [3.05, 3.63) is 24.3 Å². The summed E-state index contributed by atoms with van der Waals surface area (Å²) in [6.07, 6.45) is 89.5. The quantitative estimate of drug-likeness (QED) is 0.0320. The van der Waals surface area contributed by atoms with Crippen LogP contribution in [0.2, 0.25) is 0 Å². The number of carbonyl (C=O) groups excluding carboxylic acids is 2. The zero-order valence-electron chi connectivity index (χ0n) is 55.0. The summed E-state index contributed by atoms with van der Waals surface area (Å²) in [6, 6.07) is -0.541. The molecule has 81 heavy (non-hydrogen) atoms. The van der Waals surface area contributed by atoms with Gasteiger partial charge in [-0.3, -0.25) is 9.59 Å². The predicted molar refractivity (Wildman–Crippen MR) is 356 cm³/mol. The van der Waals surface area contributed by atoms with Crippen molar-refractivity contribution in [2.45, 2.75) is 431 Å². The molecule has 480 valence electrons. The molecule has 0 spiro atoms. The Balaban J connectivity index is 3.36. The van der Waals surface area contributed by atoms with Crippen molar-refractivity contribution in [3.63, 3.8) is 0 Å². The van der Waals surface area contributed by atoms with E-state index in [0.29, 0.717) is 25.9 Å². The first-order chi connectivity index (χ1) is 40.0. The molecular weight excluding hydrogens is 995 g/mol. The van der Waals surface area contributed by atoms with Gasteiger partial charge in [0, 0.05) is 12.8 Å². The van der Waals surface area contributed by atoms with Gasteiger partial charge >= 0.3 is 5.97 Å². The standard InChI is InChI=1S/C75H145NO5/c1-3-5-7-9-11-13-15-17-19-21-23-29-32-35-39-43-47-51-55-59-63-67-73(78)72(71-77)76-74(79)68-64-60-56-52-48-44-40-36-33-30-27-25-24-26-28-31-34-38-42-46-50-54-58-62-66-70-81-75(80)69-65-61-57-53-49-45-41-37-22-20-18-16-14-12-10-8-6-4-2/h14,16,20,22,72-73,77-78H,3-13,15,17-19,21,23-71H2,1-2H3,(H,76,79)/b16-14-,22-20-. The van der Waals surface area contributed by atoms with Crippen LogP contribution in [0.3, 0.4) is 0 Å². The van der Waals surface area contributed by atoms with E-state index in [4.69, 9.17) is 4.74 Å². The van der Waals surface area contributed by atoms with E-state index in [1.165, 1.54) is 334 Å². The first-order valence-corrected chi connectivity index (χ1v) is 37.1. The zero-order chi connectivity index (χ0) is 58.5. The molecule has 0 fully saturated rings. The highest BCUT2D eigenvalue weighted by Gasteiger charge is 2.20. The number of carbonyl (C=O) groups is 2. The molecule has 0 aliphatic carbocycles. The van der Waals surface area contributed by atoms with Gasteiger partial charge in [0.2, 0.25) is 5.91 Å². The van der Waals surface area contributed by atoms with Crippen LogP contribution in [0, 0.1) is 0 Å². The van der Waals surface area contributed by atoms with Crippen molar-refractivity contribution in [1.82, 2.24) is 5.32 Å². The molecule has 0 saturated heterocycles. The van der Waals surface area contributed by atoms with Crippen molar-refractivity contribution in [2.24, 2.45) is 0 Å². The minimum Gasteiger partial charge on any atom is -0.466 e. The first-order valence-electron chi connectivity index (χ1n) is 37.1.